The van der Waals surface area contributed by atoms with Crippen LogP contribution in [-0.4, -0.2) is 63.0 Å². The topological polar surface area (TPSA) is 65.8 Å². The highest BCUT2D eigenvalue weighted by Gasteiger charge is 2.25. The molecule has 5 rings (SSSR count). The molecule has 186 valence electrons. The van der Waals surface area contributed by atoms with Crippen molar-refractivity contribution in [3.05, 3.63) is 64.1 Å². The van der Waals surface area contributed by atoms with Crippen LogP contribution in [0.1, 0.15) is 60.5 Å². The average molecular weight is 495 g/mol. The van der Waals surface area contributed by atoms with Crippen LogP contribution in [0.15, 0.2) is 36.5 Å². The zero-order chi connectivity index (χ0) is 24.2. The first kappa shape index (κ1) is 24.2. The maximum Gasteiger partial charge on any atom is 0.222 e. The SMILES string of the molecule is Cc1nn2c(C3CCCN(Cc4ccc(Cl)cc4)C3)ccnc2c1CNCCCN1CCCC1=O. The summed E-state index contributed by atoms with van der Waals surface area (Å²) in [7, 11) is 0. The number of carbonyl (C=O) groups excluding carboxylic acids is 1. The monoisotopic (exact) mass is 494 g/mol. The number of piperidine rings is 1. The van der Waals surface area contributed by atoms with Crippen LogP contribution in [0.25, 0.3) is 5.65 Å². The number of nitrogens with one attached hydrogen (secondary N) is 1. The van der Waals surface area contributed by atoms with Crippen LogP contribution in [0, 0.1) is 6.92 Å². The molecule has 2 saturated heterocycles. The van der Waals surface area contributed by atoms with Crippen molar-refractivity contribution >= 4 is 23.2 Å². The number of aryl methyl sites for hydroxylation is 1. The Labute approximate surface area is 212 Å². The number of nitrogens with zero attached hydrogens (tertiary/aromatic N) is 5. The van der Waals surface area contributed by atoms with Crippen molar-refractivity contribution in [1.82, 2.24) is 29.7 Å². The quantitative estimate of drug-likeness (QED) is 0.452. The van der Waals surface area contributed by atoms with Gasteiger partial charge in [-0.1, -0.05) is 23.7 Å². The van der Waals surface area contributed by atoms with Gasteiger partial charge in [-0.25, -0.2) is 9.50 Å². The largest absolute Gasteiger partial charge is 0.343 e. The molecule has 8 heteroatoms. The van der Waals surface area contributed by atoms with Gasteiger partial charge < -0.3 is 10.2 Å². The number of carbonyl (C=O) groups is 1. The Hall–Kier alpha value is -2.48. The standard InChI is InChI=1S/C27H35ClN6O/c1-20-24(17-29-12-4-16-33-15-3-6-26(33)35)27-30-13-11-25(34(27)31-20)22-5-2-14-32(19-22)18-21-7-9-23(28)10-8-21/h7-11,13,22,29H,2-6,12,14-19H2,1H3. The van der Waals surface area contributed by atoms with E-state index in [2.05, 4.69) is 39.9 Å². The Morgan fingerprint density at radius 1 is 1.14 bits per heavy atom. The van der Waals surface area contributed by atoms with Crippen LogP contribution in [0.3, 0.4) is 0 Å². The van der Waals surface area contributed by atoms with E-state index in [0.717, 1.165) is 87.0 Å². The van der Waals surface area contributed by atoms with Crippen LogP contribution in [-0.2, 0) is 17.9 Å². The molecule has 2 aromatic heterocycles. The van der Waals surface area contributed by atoms with Gasteiger partial charge in [0.15, 0.2) is 5.65 Å². The summed E-state index contributed by atoms with van der Waals surface area (Å²) in [4.78, 5) is 21.0. The number of benzene rings is 1. The minimum Gasteiger partial charge on any atom is -0.343 e. The summed E-state index contributed by atoms with van der Waals surface area (Å²) < 4.78 is 2.08. The third-order valence-corrected chi connectivity index (χ3v) is 7.59. The first-order valence-corrected chi connectivity index (χ1v) is 13.2. The molecule has 0 spiro atoms. The second-order valence-electron chi connectivity index (χ2n) is 9.88. The Morgan fingerprint density at radius 2 is 2.00 bits per heavy atom. The van der Waals surface area contributed by atoms with Gasteiger partial charge in [0.2, 0.25) is 5.91 Å². The highest BCUT2D eigenvalue weighted by molar-refractivity contribution is 6.30. The van der Waals surface area contributed by atoms with Crippen LogP contribution < -0.4 is 5.32 Å². The second-order valence-corrected chi connectivity index (χ2v) is 10.3. The minimum absolute atomic E-state index is 0.301. The summed E-state index contributed by atoms with van der Waals surface area (Å²) in [5.74, 6) is 0.731. The van der Waals surface area contributed by atoms with Gasteiger partial charge in [-0.15, -0.1) is 0 Å². The van der Waals surface area contributed by atoms with E-state index in [0.29, 0.717) is 18.2 Å². The lowest BCUT2D eigenvalue weighted by atomic mass is 9.94. The minimum atomic E-state index is 0.301. The summed E-state index contributed by atoms with van der Waals surface area (Å²) in [6.45, 7) is 8.53. The number of fused-ring (bicyclic) bond motifs is 1. The van der Waals surface area contributed by atoms with Crippen molar-refractivity contribution in [2.45, 2.75) is 58.0 Å². The summed E-state index contributed by atoms with van der Waals surface area (Å²) >= 11 is 6.06. The van der Waals surface area contributed by atoms with E-state index in [1.54, 1.807) is 0 Å². The first-order chi connectivity index (χ1) is 17.1. The summed E-state index contributed by atoms with van der Waals surface area (Å²) in [5, 5.41) is 9.24. The predicted molar refractivity (Wildman–Crippen MR) is 139 cm³/mol. The third kappa shape index (κ3) is 5.68. The molecule has 1 amide bonds. The zero-order valence-electron chi connectivity index (χ0n) is 20.5. The normalized spacial score (nSPS) is 19.2. The van der Waals surface area contributed by atoms with Crippen molar-refractivity contribution in [2.75, 3.05) is 32.7 Å². The molecular formula is C27H35ClN6O. The van der Waals surface area contributed by atoms with Gasteiger partial charge >= 0.3 is 0 Å². The van der Waals surface area contributed by atoms with Gasteiger partial charge in [-0.3, -0.25) is 9.69 Å². The van der Waals surface area contributed by atoms with E-state index in [9.17, 15) is 4.79 Å². The number of likely N-dealkylation sites (tertiary alicyclic amines) is 2. The lowest BCUT2D eigenvalue weighted by Gasteiger charge is -2.33. The Bertz CT molecular complexity index is 1160. The van der Waals surface area contributed by atoms with Crippen molar-refractivity contribution in [1.29, 1.82) is 0 Å². The van der Waals surface area contributed by atoms with Crippen molar-refractivity contribution in [3.8, 4) is 0 Å². The lowest BCUT2D eigenvalue weighted by Crippen LogP contribution is -2.34. The number of aromatic nitrogens is 3. The van der Waals surface area contributed by atoms with E-state index in [4.69, 9.17) is 21.7 Å². The first-order valence-electron chi connectivity index (χ1n) is 12.9. The Morgan fingerprint density at radius 3 is 2.80 bits per heavy atom. The maximum atomic E-state index is 11.8. The van der Waals surface area contributed by atoms with Crippen LogP contribution in [0.4, 0.5) is 0 Å². The second kappa shape index (κ2) is 11.1. The van der Waals surface area contributed by atoms with Crippen molar-refractivity contribution in [2.24, 2.45) is 0 Å². The zero-order valence-corrected chi connectivity index (χ0v) is 21.3. The fourth-order valence-electron chi connectivity index (χ4n) is 5.47. The lowest BCUT2D eigenvalue weighted by molar-refractivity contribution is -0.127. The smallest absolute Gasteiger partial charge is 0.222 e. The molecule has 0 bridgehead atoms. The van der Waals surface area contributed by atoms with E-state index in [1.165, 1.54) is 17.7 Å². The molecule has 7 nitrogen and oxygen atoms in total. The number of hydrogen-bond donors (Lipinski definition) is 1. The van der Waals surface area contributed by atoms with Crippen LogP contribution in [0.5, 0.6) is 0 Å². The average Bonchev–Trinajstić information content (AvgIpc) is 3.42. The highest BCUT2D eigenvalue weighted by Crippen LogP contribution is 2.29. The van der Waals surface area contributed by atoms with Crippen LogP contribution >= 0.6 is 11.6 Å². The van der Waals surface area contributed by atoms with Gasteiger partial charge in [0, 0.05) is 61.8 Å². The number of hydrogen-bond acceptors (Lipinski definition) is 5. The summed E-state index contributed by atoms with van der Waals surface area (Å²) in [6.07, 6.45) is 6.96. The van der Waals surface area contributed by atoms with E-state index in [1.807, 2.05) is 23.2 Å². The van der Waals surface area contributed by atoms with E-state index >= 15 is 0 Å². The third-order valence-electron chi connectivity index (χ3n) is 7.34. The van der Waals surface area contributed by atoms with Gasteiger partial charge in [-0.05, 0) is 69.5 Å². The molecule has 1 atom stereocenters. The molecule has 0 radical (unpaired) electrons. The fraction of sp³-hybridized carbons (Fsp3) is 0.519. The molecule has 2 aliphatic rings. The molecule has 4 heterocycles. The molecule has 3 aromatic rings. The fourth-order valence-corrected chi connectivity index (χ4v) is 5.59. The number of rotatable bonds is 9. The summed E-state index contributed by atoms with van der Waals surface area (Å²) in [5.41, 5.74) is 5.70. The van der Waals surface area contributed by atoms with E-state index in [-0.39, 0.29) is 0 Å². The number of amides is 1. The molecule has 2 aliphatic heterocycles. The maximum absolute atomic E-state index is 11.8. The van der Waals surface area contributed by atoms with E-state index < -0.39 is 0 Å². The molecule has 0 saturated carbocycles. The predicted octanol–water partition coefficient (Wildman–Crippen LogP) is 4.17. The summed E-state index contributed by atoms with van der Waals surface area (Å²) in [6, 6.07) is 10.3. The Balaban J connectivity index is 1.22. The Kier molecular flexibility index (Phi) is 7.66. The molecule has 0 aliphatic carbocycles. The van der Waals surface area contributed by atoms with Gasteiger partial charge in [0.25, 0.3) is 0 Å². The van der Waals surface area contributed by atoms with Crippen molar-refractivity contribution in [3.63, 3.8) is 0 Å². The van der Waals surface area contributed by atoms with Gasteiger partial charge in [-0.2, -0.15) is 5.10 Å². The van der Waals surface area contributed by atoms with Crippen molar-refractivity contribution < 1.29 is 4.79 Å². The van der Waals surface area contributed by atoms with Crippen LogP contribution in [0.2, 0.25) is 5.02 Å². The molecule has 1 aromatic carbocycles. The molecule has 1 unspecified atom stereocenters. The molecular weight excluding hydrogens is 460 g/mol. The molecule has 35 heavy (non-hydrogen) atoms. The van der Waals surface area contributed by atoms with Gasteiger partial charge in [0.1, 0.15) is 0 Å². The number of halogens is 1. The molecule has 1 N–H and O–H groups in total. The van der Waals surface area contributed by atoms with Gasteiger partial charge in [0.05, 0.1) is 11.4 Å². The highest BCUT2D eigenvalue weighted by atomic mass is 35.5. The molecule has 2 fully saturated rings.